The second-order valence-corrected chi connectivity index (χ2v) is 6.48. The minimum Gasteiger partial charge on any atom is -0.356 e. The third kappa shape index (κ3) is 4.26. The summed E-state index contributed by atoms with van der Waals surface area (Å²) >= 11 is 0. The molecule has 0 saturated carbocycles. The van der Waals surface area contributed by atoms with Gasteiger partial charge in [-0.15, -0.1) is 0 Å². The molecular weight excluding hydrogens is 316 g/mol. The largest absolute Gasteiger partial charge is 0.356 e. The normalized spacial score (nSPS) is 18.4. The SMILES string of the molecule is C[C@H](c1ccccc1)N1C[C@H](C(=O)NCCCn2ccnc2)CC1=O. The summed E-state index contributed by atoms with van der Waals surface area (Å²) in [5, 5.41) is 2.96. The molecule has 1 fully saturated rings. The van der Waals surface area contributed by atoms with Crippen LogP contribution in [0.15, 0.2) is 49.1 Å². The fourth-order valence-electron chi connectivity index (χ4n) is 3.23. The van der Waals surface area contributed by atoms with Crippen molar-refractivity contribution in [3.8, 4) is 0 Å². The number of aryl methyl sites for hydroxylation is 1. The third-order valence-corrected chi connectivity index (χ3v) is 4.73. The molecule has 2 heterocycles. The predicted octanol–water partition coefficient (Wildman–Crippen LogP) is 2.00. The predicted molar refractivity (Wildman–Crippen MR) is 94.5 cm³/mol. The summed E-state index contributed by atoms with van der Waals surface area (Å²) in [7, 11) is 0. The number of rotatable bonds is 7. The molecule has 0 aliphatic carbocycles. The van der Waals surface area contributed by atoms with E-state index in [9.17, 15) is 9.59 Å². The Labute approximate surface area is 147 Å². The van der Waals surface area contributed by atoms with E-state index >= 15 is 0 Å². The zero-order valence-electron chi connectivity index (χ0n) is 14.5. The maximum absolute atomic E-state index is 12.3. The molecule has 25 heavy (non-hydrogen) atoms. The molecule has 0 unspecified atom stereocenters. The molecule has 1 saturated heterocycles. The van der Waals surface area contributed by atoms with Crippen molar-refractivity contribution in [2.45, 2.75) is 32.4 Å². The van der Waals surface area contributed by atoms with Gasteiger partial charge in [0.15, 0.2) is 0 Å². The van der Waals surface area contributed by atoms with Crippen LogP contribution in [0.3, 0.4) is 0 Å². The number of hydrogen-bond donors (Lipinski definition) is 1. The Kier molecular flexibility index (Phi) is 5.48. The highest BCUT2D eigenvalue weighted by Crippen LogP contribution is 2.28. The molecule has 1 aromatic heterocycles. The van der Waals surface area contributed by atoms with Gasteiger partial charge in [0.05, 0.1) is 18.3 Å². The molecule has 132 valence electrons. The van der Waals surface area contributed by atoms with Crippen LogP contribution >= 0.6 is 0 Å². The minimum absolute atomic E-state index is 0.00672. The number of hydrogen-bond acceptors (Lipinski definition) is 3. The maximum Gasteiger partial charge on any atom is 0.225 e. The van der Waals surface area contributed by atoms with Crippen molar-refractivity contribution in [1.29, 1.82) is 0 Å². The number of carbonyl (C=O) groups excluding carboxylic acids is 2. The summed E-state index contributed by atoms with van der Waals surface area (Å²) < 4.78 is 1.98. The van der Waals surface area contributed by atoms with E-state index in [1.165, 1.54) is 0 Å². The summed E-state index contributed by atoms with van der Waals surface area (Å²) in [4.78, 5) is 30.5. The van der Waals surface area contributed by atoms with E-state index in [1.807, 2.05) is 52.9 Å². The molecular formula is C19H24N4O2. The van der Waals surface area contributed by atoms with Gasteiger partial charge in [-0.3, -0.25) is 9.59 Å². The van der Waals surface area contributed by atoms with Crippen LogP contribution < -0.4 is 5.32 Å². The van der Waals surface area contributed by atoms with Crippen LogP contribution in [-0.2, 0) is 16.1 Å². The van der Waals surface area contributed by atoms with Gasteiger partial charge in [0.2, 0.25) is 11.8 Å². The zero-order chi connectivity index (χ0) is 17.6. The second-order valence-electron chi connectivity index (χ2n) is 6.48. The maximum atomic E-state index is 12.3. The highest BCUT2D eigenvalue weighted by molar-refractivity contribution is 5.89. The molecule has 6 nitrogen and oxygen atoms in total. The number of likely N-dealkylation sites (tertiary alicyclic amines) is 1. The molecule has 2 amide bonds. The first-order valence-electron chi connectivity index (χ1n) is 8.73. The number of carbonyl (C=O) groups is 2. The van der Waals surface area contributed by atoms with Crippen molar-refractivity contribution >= 4 is 11.8 Å². The zero-order valence-corrected chi connectivity index (χ0v) is 14.5. The fraction of sp³-hybridized carbons (Fsp3) is 0.421. The van der Waals surface area contributed by atoms with Crippen LogP contribution in [0.1, 0.15) is 31.4 Å². The summed E-state index contributed by atoms with van der Waals surface area (Å²) in [6, 6.07) is 9.92. The lowest BCUT2D eigenvalue weighted by atomic mass is 10.1. The van der Waals surface area contributed by atoms with Gasteiger partial charge < -0.3 is 14.8 Å². The van der Waals surface area contributed by atoms with Crippen LogP contribution in [0.5, 0.6) is 0 Å². The van der Waals surface area contributed by atoms with E-state index in [1.54, 1.807) is 12.5 Å². The second kappa shape index (κ2) is 7.96. The lowest BCUT2D eigenvalue weighted by Gasteiger charge is -2.25. The average molecular weight is 340 g/mol. The Morgan fingerprint density at radius 1 is 1.36 bits per heavy atom. The average Bonchev–Trinajstić information content (AvgIpc) is 3.28. The van der Waals surface area contributed by atoms with E-state index in [0.29, 0.717) is 19.5 Å². The van der Waals surface area contributed by atoms with Crippen molar-refractivity contribution < 1.29 is 9.59 Å². The Bertz CT molecular complexity index is 699. The monoisotopic (exact) mass is 340 g/mol. The number of nitrogens with zero attached hydrogens (tertiary/aromatic N) is 3. The first-order valence-corrected chi connectivity index (χ1v) is 8.73. The summed E-state index contributed by atoms with van der Waals surface area (Å²) in [5.41, 5.74) is 1.09. The van der Waals surface area contributed by atoms with Crippen LogP contribution in [0, 0.1) is 5.92 Å². The minimum atomic E-state index is -0.257. The first kappa shape index (κ1) is 17.2. The van der Waals surface area contributed by atoms with Crippen LogP contribution in [-0.4, -0.2) is 39.4 Å². The van der Waals surface area contributed by atoms with Crippen LogP contribution in [0.4, 0.5) is 0 Å². The summed E-state index contributed by atoms with van der Waals surface area (Å²) in [5.74, 6) is -0.233. The van der Waals surface area contributed by atoms with Crippen molar-refractivity contribution in [3.05, 3.63) is 54.6 Å². The van der Waals surface area contributed by atoms with E-state index in [0.717, 1.165) is 18.5 Å². The van der Waals surface area contributed by atoms with E-state index in [-0.39, 0.29) is 23.8 Å². The summed E-state index contributed by atoms with van der Waals surface area (Å²) in [6.45, 7) is 3.93. The van der Waals surface area contributed by atoms with Gasteiger partial charge in [0, 0.05) is 38.4 Å². The molecule has 1 N–H and O–H groups in total. The molecule has 1 aliphatic rings. The van der Waals surface area contributed by atoms with Crippen molar-refractivity contribution in [1.82, 2.24) is 19.8 Å². The van der Waals surface area contributed by atoms with Gasteiger partial charge in [-0.1, -0.05) is 30.3 Å². The van der Waals surface area contributed by atoms with E-state index in [4.69, 9.17) is 0 Å². The van der Waals surface area contributed by atoms with Crippen molar-refractivity contribution in [3.63, 3.8) is 0 Å². The Morgan fingerprint density at radius 3 is 2.88 bits per heavy atom. The number of aromatic nitrogens is 2. The molecule has 0 bridgehead atoms. The van der Waals surface area contributed by atoms with Crippen molar-refractivity contribution in [2.75, 3.05) is 13.1 Å². The van der Waals surface area contributed by atoms with Gasteiger partial charge in [0.1, 0.15) is 0 Å². The van der Waals surface area contributed by atoms with E-state index < -0.39 is 0 Å². The lowest BCUT2D eigenvalue weighted by Crippen LogP contribution is -2.34. The molecule has 2 atom stereocenters. The van der Waals surface area contributed by atoms with Gasteiger partial charge in [-0.25, -0.2) is 4.98 Å². The van der Waals surface area contributed by atoms with E-state index in [2.05, 4.69) is 10.3 Å². The highest BCUT2D eigenvalue weighted by Gasteiger charge is 2.36. The van der Waals surface area contributed by atoms with Gasteiger partial charge in [-0.2, -0.15) is 0 Å². The lowest BCUT2D eigenvalue weighted by molar-refractivity contribution is -0.130. The number of nitrogens with one attached hydrogen (secondary N) is 1. The standard InChI is InChI=1S/C19H24N4O2/c1-15(16-6-3-2-4-7-16)23-13-17(12-18(23)24)19(25)21-8-5-10-22-11-9-20-14-22/h2-4,6-7,9,11,14-15,17H,5,8,10,12-13H2,1H3,(H,21,25)/t15-,17-/m1/s1. The van der Waals surface area contributed by atoms with Crippen LogP contribution in [0.2, 0.25) is 0 Å². The molecule has 2 aromatic rings. The van der Waals surface area contributed by atoms with Gasteiger partial charge >= 0.3 is 0 Å². The third-order valence-electron chi connectivity index (χ3n) is 4.73. The number of amides is 2. The molecule has 1 aliphatic heterocycles. The first-order chi connectivity index (χ1) is 12.1. The fourth-order valence-corrected chi connectivity index (χ4v) is 3.23. The van der Waals surface area contributed by atoms with Gasteiger partial charge in [-0.05, 0) is 18.9 Å². The molecule has 6 heteroatoms. The summed E-state index contributed by atoms with van der Waals surface area (Å²) in [6.07, 6.45) is 6.54. The molecule has 1 aromatic carbocycles. The van der Waals surface area contributed by atoms with Gasteiger partial charge in [0.25, 0.3) is 0 Å². The molecule has 3 rings (SSSR count). The Morgan fingerprint density at radius 2 is 2.16 bits per heavy atom. The Balaban J connectivity index is 1.47. The topological polar surface area (TPSA) is 67.2 Å². The number of imidazole rings is 1. The smallest absolute Gasteiger partial charge is 0.225 e. The quantitative estimate of drug-likeness (QED) is 0.784. The molecule has 0 spiro atoms. The van der Waals surface area contributed by atoms with Crippen LogP contribution in [0.25, 0.3) is 0 Å². The molecule has 0 radical (unpaired) electrons. The number of benzene rings is 1. The highest BCUT2D eigenvalue weighted by atomic mass is 16.2. The Hall–Kier alpha value is -2.63. The van der Waals surface area contributed by atoms with Crippen molar-refractivity contribution in [2.24, 2.45) is 5.92 Å².